The first-order valence-electron chi connectivity index (χ1n) is 12.6. The van der Waals surface area contributed by atoms with Crippen LogP contribution in [0.25, 0.3) is 17.1 Å². The standard InChI is InChI=1S/C29H27FN6O3S/c1-4-39-15-21-8-5-19(3)13-25(21)36-26(37)16-40-29(36)33-28(38)32-24-12-9-20(14-23(24)30)27-31-17-35(34-27)22-10-6-18(2)7-11-22/h5-14,17H,4,15-16H2,1-3H3,(H,32,38). The number of amidine groups is 1. The molecule has 0 unspecified atom stereocenters. The summed E-state index contributed by atoms with van der Waals surface area (Å²) in [6.45, 7) is 6.64. The van der Waals surface area contributed by atoms with Gasteiger partial charge in [0.1, 0.15) is 12.1 Å². The van der Waals surface area contributed by atoms with Gasteiger partial charge in [-0.05, 0) is 62.7 Å². The first-order chi connectivity index (χ1) is 19.3. The first kappa shape index (κ1) is 27.2. The van der Waals surface area contributed by atoms with E-state index in [2.05, 4.69) is 20.4 Å². The average molecular weight is 559 g/mol. The first-order valence-corrected chi connectivity index (χ1v) is 13.6. The number of hydrogen-bond donors (Lipinski definition) is 1. The second-order valence-corrected chi connectivity index (χ2v) is 10.1. The zero-order chi connectivity index (χ0) is 28.2. The maximum atomic E-state index is 15.0. The monoisotopic (exact) mass is 558 g/mol. The number of nitrogens with zero attached hydrogens (tertiary/aromatic N) is 5. The number of urea groups is 1. The highest BCUT2D eigenvalue weighted by molar-refractivity contribution is 8.15. The Morgan fingerprint density at radius 3 is 2.62 bits per heavy atom. The van der Waals surface area contributed by atoms with E-state index in [1.807, 2.05) is 63.2 Å². The van der Waals surface area contributed by atoms with E-state index in [9.17, 15) is 14.0 Å². The normalized spacial score (nSPS) is 14.2. The number of carbonyl (C=O) groups excluding carboxylic acids is 2. The van der Waals surface area contributed by atoms with E-state index in [1.165, 1.54) is 17.0 Å². The van der Waals surface area contributed by atoms with E-state index in [4.69, 9.17) is 4.74 Å². The third-order valence-corrected chi connectivity index (χ3v) is 7.09. The van der Waals surface area contributed by atoms with Gasteiger partial charge in [-0.3, -0.25) is 9.69 Å². The number of carbonyl (C=O) groups is 2. The highest BCUT2D eigenvalue weighted by Crippen LogP contribution is 2.31. The highest BCUT2D eigenvalue weighted by Gasteiger charge is 2.32. The Bertz CT molecular complexity index is 1600. The van der Waals surface area contributed by atoms with Gasteiger partial charge in [-0.25, -0.2) is 18.9 Å². The van der Waals surface area contributed by atoms with Gasteiger partial charge in [0, 0.05) is 17.7 Å². The number of aliphatic imine (C=N–C) groups is 1. The quantitative estimate of drug-likeness (QED) is 0.303. The van der Waals surface area contributed by atoms with Gasteiger partial charge in [0.25, 0.3) is 0 Å². The van der Waals surface area contributed by atoms with Crippen LogP contribution in [0.15, 0.2) is 72.0 Å². The van der Waals surface area contributed by atoms with Crippen LogP contribution in [0.5, 0.6) is 0 Å². The molecule has 2 heterocycles. The molecule has 3 amide bonds. The summed E-state index contributed by atoms with van der Waals surface area (Å²) in [5.41, 5.74) is 4.73. The summed E-state index contributed by atoms with van der Waals surface area (Å²) < 4.78 is 22.2. The summed E-state index contributed by atoms with van der Waals surface area (Å²) in [6.07, 6.45) is 1.56. The van der Waals surface area contributed by atoms with Crippen molar-refractivity contribution in [3.05, 3.63) is 89.5 Å². The van der Waals surface area contributed by atoms with Gasteiger partial charge in [0.15, 0.2) is 11.0 Å². The second kappa shape index (κ2) is 11.8. The summed E-state index contributed by atoms with van der Waals surface area (Å²) in [6, 6.07) is 17.0. The molecule has 1 fully saturated rings. The number of benzene rings is 3. The fourth-order valence-electron chi connectivity index (χ4n) is 4.10. The van der Waals surface area contributed by atoms with E-state index in [0.29, 0.717) is 30.3 Å². The molecule has 0 saturated carbocycles. The molecule has 1 aliphatic rings. The topological polar surface area (TPSA) is 102 Å². The number of thioether (sulfide) groups is 1. The molecule has 1 aromatic heterocycles. The molecule has 0 atom stereocenters. The van der Waals surface area contributed by atoms with E-state index in [-0.39, 0.29) is 22.5 Å². The Labute approximate surface area is 235 Å². The van der Waals surface area contributed by atoms with Gasteiger partial charge in [0.2, 0.25) is 5.91 Å². The maximum Gasteiger partial charge on any atom is 0.347 e. The van der Waals surface area contributed by atoms with Crippen LogP contribution >= 0.6 is 11.8 Å². The van der Waals surface area contributed by atoms with Crippen LogP contribution in [0.2, 0.25) is 0 Å². The molecule has 0 aliphatic carbocycles. The number of aryl methyl sites for hydroxylation is 2. The molecule has 4 aromatic rings. The zero-order valence-corrected chi connectivity index (χ0v) is 23.0. The van der Waals surface area contributed by atoms with E-state index in [0.717, 1.165) is 34.1 Å². The largest absolute Gasteiger partial charge is 0.377 e. The lowest BCUT2D eigenvalue weighted by atomic mass is 10.1. The van der Waals surface area contributed by atoms with Crippen LogP contribution in [-0.4, -0.2) is 44.2 Å². The van der Waals surface area contributed by atoms with Crippen molar-refractivity contribution >= 4 is 40.2 Å². The number of anilines is 2. The molecule has 40 heavy (non-hydrogen) atoms. The Morgan fingerprint density at radius 2 is 1.88 bits per heavy atom. The van der Waals surface area contributed by atoms with Crippen LogP contribution < -0.4 is 10.2 Å². The smallest absolute Gasteiger partial charge is 0.347 e. The van der Waals surface area contributed by atoms with Gasteiger partial charge in [-0.2, -0.15) is 4.99 Å². The predicted octanol–water partition coefficient (Wildman–Crippen LogP) is 5.89. The molecule has 0 spiro atoms. The maximum absolute atomic E-state index is 15.0. The van der Waals surface area contributed by atoms with Gasteiger partial charge in [-0.15, -0.1) is 5.10 Å². The molecule has 11 heteroatoms. The molecule has 9 nitrogen and oxygen atoms in total. The number of amides is 3. The molecule has 0 bridgehead atoms. The lowest BCUT2D eigenvalue weighted by Gasteiger charge is -2.20. The van der Waals surface area contributed by atoms with Gasteiger partial charge >= 0.3 is 6.03 Å². The Balaban J connectivity index is 1.33. The minimum atomic E-state index is -0.797. The fourth-order valence-corrected chi connectivity index (χ4v) is 4.96. The molecule has 1 aliphatic heterocycles. The SMILES string of the molecule is CCOCc1ccc(C)cc1N1C(=O)CSC1=NC(=O)Nc1ccc(-c2ncn(-c3ccc(C)cc3)n2)cc1F. The van der Waals surface area contributed by atoms with Crippen LogP contribution in [0.1, 0.15) is 23.6 Å². The van der Waals surface area contributed by atoms with Gasteiger partial charge < -0.3 is 10.1 Å². The highest BCUT2D eigenvalue weighted by atomic mass is 32.2. The summed E-state index contributed by atoms with van der Waals surface area (Å²) in [4.78, 5) is 35.4. The van der Waals surface area contributed by atoms with Crippen molar-refractivity contribution in [1.82, 2.24) is 14.8 Å². The summed E-state index contributed by atoms with van der Waals surface area (Å²) in [5, 5.41) is 7.13. The van der Waals surface area contributed by atoms with Crippen molar-refractivity contribution in [3.63, 3.8) is 0 Å². The third-order valence-electron chi connectivity index (χ3n) is 6.17. The molecule has 1 saturated heterocycles. The number of nitrogens with one attached hydrogen (secondary N) is 1. The minimum absolute atomic E-state index is 0.0514. The van der Waals surface area contributed by atoms with Crippen molar-refractivity contribution in [3.8, 4) is 17.1 Å². The van der Waals surface area contributed by atoms with E-state index in [1.54, 1.807) is 17.1 Å². The van der Waals surface area contributed by atoms with E-state index >= 15 is 0 Å². The van der Waals surface area contributed by atoms with Crippen molar-refractivity contribution < 1.29 is 18.7 Å². The van der Waals surface area contributed by atoms with Gasteiger partial charge in [0.05, 0.1) is 29.4 Å². The van der Waals surface area contributed by atoms with E-state index < -0.39 is 11.8 Å². The predicted molar refractivity (Wildman–Crippen MR) is 154 cm³/mol. The number of halogens is 1. The number of aromatic nitrogens is 3. The molecule has 5 rings (SSSR count). The van der Waals surface area contributed by atoms with Crippen LogP contribution in [-0.2, 0) is 16.1 Å². The number of hydrogen-bond acceptors (Lipinski definition) is 6. The number of rotatable bonds is 7. The Kier molecular flexibility index (Phi) is 8.04. The molecule has 204 valence electrons. The van der Waals surface area contributed by atoms with Crippen LogP contribution in [0.4, 0.5) is 20.6 Å². The second-order valence-electron chi connectivity index (χ2n) is 9.15. The van der Waals surface area contributed by atoms with Crippen LogP contribution in [0, 0.1) is 19.7 Å². The molecule has 1 N–H and O–H groups in total. The summed E-state index contributed by atoms with van der Waals surface area (Å²) in [7, 11) is 0. The molecule has 0 radical (unpaired) electrons. The Morgan fingerprint density at radius 1 is 1.10 bits per heavy atom. The van der Waals surface area contributed by atoms with Crippen molar-refractivity contribution in [2.45, 2.75) is 27.4 Å². The zero-order valence-electron chi connectivity index (χ0n) is 22.2. The van der Waals surface area contributed by atoms with Crippen molar-refractivity contribution in [2.24, 2.45) is 4.99 Å². The Hall–Kier alpha value is -4.35. The fraction of sp³-hybridized carbons (Fsp3) is 0.207. The van der Waals surface area contributed by atoms with Crippen LogP contribution in [0.3, 0.4) is 0 Å². The lowest BCUT2D eigenvalue weighted by Crippen LogP contribution is -2.31. The molecular weight excluding hydrogens is 531 g/mol. The minimum Gasteiger partial charge on any atom is -0.377 e. The van der Waals surface area contributed by atoms with Crippen molar-refractivity contribution in [2.75, 3.05) is 22.6 Å². The van der Waals surface area contributed by atoms with Gasteiger partial charge in [-0.1, -0.05) is 41.6 Å². The third kappa shape index (κ3) is 5.95. The summed E-state index contributed by atoms with van der Waals surface area (Å²) >= 11 is 1.15. The molecule has 3 aromatic carbocycles. The number of ether oxygens (including phenoxy) is 1. The summed E-state index contributed by atoms with van der Waals surface area (Å²) in [5.74, 6) is -0.384. The van der Waals surface area contributed by atoms with Crippen molar-refractivity contribution in [1.29, 1.82) is 0 Å². The lowest BCUT2D eigenvalue weighted by molar-refractivity contribution is -0.115. The average Bonchev–Trinajstić information content (AvgIpc) is 3.56. The molecular formula is C29H27FN6O3S.